The van der Waals surface area contributed by atoms with Crippen LogP contribution in [0.25, 0.3) is 0 Å². The van der Waals surface area contributed by atoms with Crippen LogP contribution in [0.2, 0.25) is 0 Å². The third kappa shape index (κ3) is 4.54. The van der Waals surface area contributed by atoms with Crippen molar-refractivity contribution in [3.8, 4) is 0 Å². The monoisotopic (exact) mass is 298 g/mol. The fourth-order valence-electron chi connectivity index (χ4n) is 2.31. The molecule has 1 saturated heterocycles. The van der Waals surface area contributed by atoms with Crippen molar-refractivity contribution in [3.05, 3.63) is 15.6 Å². The fraction of sp³-hybridized carbons (Fsp3) is 0.714. The summed E-state index contributed by atoms with van der Waals surface area (Å²) in [6.07, 6.45) is 2.62. The Hall–Kier alpha value is -0.980. The zero-order valence-corrected chi connectivity index (χ0v) is 12.7. The zero-order valence-electron chi connectivity index (χ0n) is 11.9. The number of thiazole rings is 1. The molecule has 1 aliphatic rings. The molecule has 1 aliphatic heterocycles. The molecule has 0 bridgehead atoms. The summed E-state index contributed by atoms with van der Waals surface area (Å²) < 4.78 is 5.34. The van der Waals surface area contributed by atoms with Crippen LogP contribution in [0.3, 0.4) is 0 Å². The third-order valence-electron chi connectivity index (χ3n) is 3.47. The summed E-state index contributed by atoms with van der Waals surface area (Å²) in [5, 5.41) is 9.92. The van der Waals surface area contributed by atoms with Gasteiger partial charge < -0.3 is 9.84 Å². The second-order valence-corrected chi connectivity index (χ2v) is 6.10. The number of carbonyl (C=O) groups is 1. The van der Waals surface area contributed by atoms with Crippen molar-refractivity contribution < 1.29 is 14.6 Å². The first-order valence-electron chi connectivity index (χ1n) is 7.18. The Kier molecular flexibility index (Phi) is 5.94. The highest BCUT2D eigenvalue weighted by atomic mass is 32.1. The number of aryl methyl sites for hydroxylation is 2. The van der Waals surface area contributed by atoms with Gasteiger partial charge in [0.2, 0.25) is 0 Å². The van der Waals surface area contributed by atoms with E-state index in [0.717, 1.165) is 61.3 Å². The molecule has 0 saturated carbocycles. The summed E-state index contributed by atoms with van der Waals surface area (Å²) in [5.41, 5.74) is 1.08. The van der Waals surface area contributed by atoms with E-state index in [9.17, 15) is 4.79 Å². The SMILES string of the molecule is CCc1nc(CCN2CCOCC2)sc1CCC(=O)O. The van der Waals surface area contributed by atoms with Crippen molar-refractivity contribution >= 4 is 17.3 Å². The Morgan fingerprint density at radius 3 is 2.80 bits per heavy atom. The van der Waals surface area contributed by atoms with Crippen LogP contribution in [0.5, 0.6) is 0 Å². The third-order valence-corrected chi connectivity index (χ3v) is 4.69. The van der Waals surface area contributed by atoms with Crippen molar-refractivity contribution in [2.45, 2.75) is 32.6 Å². The van der Waals surface area contributed by atoms with Crippen LogP contribution in [-0.2, 0) is 28.8 Å². The average Bonchev–Trinajstić information content (AvgIpc) is 2.86. The van der Waals surface area contributed by atoms with Gasteiger partial charge in [0.25, 0.3) is 0 Å². The largest absolute Gasteiger partial charge is 0.481 e. The van der Waals surface area contributed by atoms with Crippen molar-refractivity contribution in [1.82, 2.24) is 9.88 Å². The summed E-state index contributed by atoms with van der Waals surface area (Å²) >= 11 is 1.68. The van der Waals surface area contributed by atoms with Gasteiger partial charge in [0, 0.05) is 30.9 Å². The minimum atomic E-state index is -0.740. The predicted octanol–water partition coefficient (Wildman–Crippen LogP) is 1.60. The molecule has 0 aliphatic carbocycles. The lowest BCUT2D eigenvalue weighted by Crippen LogP contribution is -2.37. The van der Waals surface area contributed by atoms with Crippen LogP contribution >= 0.6 is 11.3 Å². The number of ether oxygens (including phenoxy) is 1. The van der Waals surface area contributed by atoms with E-state index < -0.39 is 5.97 Å². The Bertz CT molecular complexity index is 442. The quantitative estimate of drug-likeness (QED) is 0.828. The number of carboxylic acids is 1. The molecule has 112 valence electrons. The molecule has 1 fully saturated rings. The first-order chi connectivity index (χ1) is 9.69. The Morgan fingerprint density at radius 2 is 2.15 bits per heavy atom. The minimum absolute atomic E-state index is 0.193. The van der Waals surface area contributed by atoms with Crippen LogP contribution < -0.4 is 0 Å². The van der Waals surface area contributed by atoms with Gasteiger partial charge in [0.15, 0.2) is 0 Å². The number of hydrogen-bond acceptors (Lipinski definition) is 5. The first-order valence-corrected chi connectivity index (χ1v) is 8.00. The van der Waals surface area contributed by atoms with E-state index >= 15 is 0 Å². The van der Waals surface area contributed by atoms with E-state index in [2.05, 4.69) is 16.8 Å². The molecule has 0 aromatic carbocycles. The summed E-state index contributed by atoms with van der Waals surface area (Å²) in [6, 6.07) is 0. The lowest BCUT2D eigenvalue weighted by Gasteiger charge is -2.25. The molecule has 0 atom stereocenters. The van der Waals surface area contributed by atoms with E-state index in [4.69, 9.17) is 9.84 Å². The molecule has 1 aromatic heterocycles. The molecule has 5 nitrogen and oxygen atoms in total. The Labute approximate surface area is 123 Å². The van der Waals surface area contributed by atoms with E-state index in [0.29, 0.717) is 6.42 Å². The number of hydrogen-bond donors (Lipinski definition) is 1. The number of aliphatic carboxylic acids is 1. The summed E-state index contributed by atoms with van der Waals surface area (Å²) in [6.45, 7) is 6.73. The van der Waals surface area contributed by atoms with E-state index in [1.165, 1.54) is 0 Å². The summed E-state index contributed by atoms with van der Waals surface area (Å²) in [4.78, 5) is 18.9. The second kappa shape index (κ2) is 7.71. The maximum Gasteiger partial charge on any atom is 0.303 e. The van der Waals surface area contributed by atoms with Crippen LogP contribution in [0.15, 0.2) is 0 Å². The molecule has 2 rings (SSSR count). The summed E-state index contributed by atoms with van der Waals surface area (Å²) in [7, 11) is 0. The maximum absolute atomic E-state index is 10.7. The second-order valence-electron chi connectivity index (χ2n) is 4.93. The van der Waals surface area contributed by atoms with Gasteiger partial charge in [-0.15, -0.1) is 11.3 Å². The molecule has 0 unspecified atom stereocenters. The van der Waals surface area contributed by atoms with Crippen LogP contribution in [0.1, 0.15) is 28.9 Å². The first kappa shape index (κ1) is 15.4. The van der Waals surface area contributed by atoms with Crippen LogP contribution in [-0.4, -0.2) is 53.8 Å². The molecule has 6 heteroatoms. The van der Waals surface area contributed by atoms with E-state index in [-0.39, 0.29) is 6.42 Å². The van der Waals surface area contributed by atoms with E-state index in [1.54, 1.807) is 11.3 Å². The molecule has 1 aromatic rings. The van der Waals surface area contributed by atoms with Crippen molar-refractivity contribution in [1.29, 1.82) is 0 Å². The molecule has 0 spiro atoms. The lowest BCUT2D eigenvalue weighted by atomic mass is 10.2. The number of aromatic nitrogens is 1. The molecule has 1 N–H and O–H groups in total. The van der Waals surface area contributed by atoms with Gasteiger partial charge in [0.05, 0.1) is 30.3 Å². The number of carboxylic acid groups (broad SMARTS) is 1. The van der Waals surface area contributed by atoms with Gasteiger partial charge in [-0.25, -0.2) is 4.98 Å². The van der Waals surface area contributed by atoms with Crippen LogP contribution in [0, 0.1) is 0 Å². The van der Waals surface area contributed by atoms with Crippen molar-refractivity contribution in [3.63, 3.8) is 0 Å². The molecular formula is C14H22N2O3S. The van der Waals surface area contributed by atoms with Crippen molar-refractivity contribution in [2.75, 3.05) is 32.8 Å². The highest BCUT2D eigenvalue weighted by Crippen LogP contribution is 2.21. The van der Waals surface area contributed by atoms with Crippen molar-refractivity contribution in [2.24, 2.45) is 0 Å². The average molecular weight is 298 g/mol. The van der Waals surface area contributed by atoms with Gasteiger partial charge in [-0.05, 0) is 12.8 Å². The van der Waals surface area contributed by atoms with Gasteiger partial charge >= 0.3 is 5.97 Å². The smallest absolute Gasteiger partial charge is 0.303 e. The normalized spacial score (nSPS) is 16.4. The standard InChI is InChI=1S/C14H22N2O3S/c1-2-11-12(3-4-14(17)18)20-13(15-11)5-6-16-7-9-19-10-8-16/h2-10H2,1H3,(H,17,18). The molecule has 0 amide bonds. The fourth-order valence-corrected chi connectivity index (χ4v) is 3.46. The molecular weight excluding hydrogens is 276 g/mol. The molecule has 0 radical (unpaired) electrons. The highest BCUT2D eigenvalue weighted by molar-refractivity contribution is 7.11. The lowest BCUT2D eigenvalue weighted by molar-refractivity contribution is -0.136. The maximum atomic E-state index is 10.7. The van der Waals surface area contributed by atoms with E-state index in [1.807, 2.05) is 0 Å². The highest BCUT2D eigenvalue weighted by Gasteiger charge is 2.14. The van der Waals surface area contributed by atoms with Crippen LogP contribution in [0.4, 0.5) is 0 Å². The van der Waals surface area contributed by atoms with Gasteiger partial charge in [-0.1, -0.05) is 6.92 Å². The topological polar surface area (TPSA) is 62.7 Å². The molecule has 2 heterocycles. The predicted molar refractivity (Wildman–Crippen MR) is 78.4 cm³/mol. The van der Waals surface area contributed by atoms with Gasteiger partial charge in [-0.2, -0.15) is 0 Å². The summed E-state index contributed by atoms with van der Waals surface area (Å²) in [5.74, 6) is -0.740. The number of morpholine rings is 1. The number of nitrogens with zero attached hydrogens (tertiary/aromatic N) is 2. The molecule has 20 heavy (non-hydrogen) atoms. The van der Waals surface area contributed by atoms with Gasteiger partial charge in [0.1, 0.15) is 0 Å². The minimum Gasteiger partial charge on any atom is -0.481 e. The zero-order chi connectivity index (χ0) is 14.4. The number of rotatable bonds is 7. The van der Waals surface area contributed by atoms with Gasteiger partial charge in [-0.3, -0.25) is 9.69 Å². The Morgan fingerprint density at radius 1 is 1.40 bits per heavy atom. The Balaban J connectivity index is 1.88.